The molecule has 1 aromatic heterocycles. The summed E-state index contributed by atoms with van der Waals surface area (Å²) in [4.78, 5) is 20.2. The largest absolute Gasteiger partial charge is 0.379 e. The van der Waals surface area contributed by atoms with E-state index in [9.17, 15) is 4.79 Å². The van der Waals surface area contributed by atoms with Crippen LogP contribution < -0.4 is 5.32 Å². The topological polar surface area (TPSA) is 73.3 Å². The van der Waals surface area contributed by atoms with Gasteiger partial charge in [-0.05, 0) is 12.0 Å². The van der Waals surface area contributed by atoms with E-state index in [1.165, 1.54) is 18.6 Å². The number of carbonyl (C=O) groups is 1. The van der Waals surface area contributed by atoms with Gasteiger partial charge in [-0.15, -0.1) is 0 Å². The third kappa shape index (κ3) is 4.34. The van der Waals surface area contributed by atoms with Crippen molar-refractivity contribution in [1.82, 2.24) is 15.3 Å². The minimum atomic E-state index is -0.238. The van der Waals surface area contributed by atoms with Gasteiger partial charge in [-0.25, -0.2) is 4.98 Å². The molecule has 3 rings (SSSR count). The predicted molar refractivity (Wildman–Crippen MR) is 83.7 cm³/mol. The van der Waals surface area contributed by atoms with Crippen LogP contribution in [0.15, 0.2) is 48.9 Å². The minimum absolute atomic E-state index is 0.0954. The molecule has 6 heteroatoms. The Balaban J connectivity index is 1.59. The molecule has 1 aliphatic rings. The molecule has 120 valence electrons. The monoisotopic (exact) mass is 313 g/mol. The molecular weight excluding hydrogens is 294 g/mol. The summed E-state index contributed by atoms with van der Waals surface area (Å²) in [5.41, 5.74) is 1.40. The highest BCUT2D eigenvalue weighted by molar-refractivity contribution is 5.92. The standard InChI is InChI=1S/C17H19N3O3/c21-17(15-10-18-7-8-19-15)20-14-6-9-22-12-16(14)23-11-13-4-2-1-3-5-13/h1-5,7-8,10,14,16H,6,9,11-12H2,(H,20,21)/t14-,16-/m1/s1. The summed E-state index contributed by atoms with van der Waals surface area (Å²) >= 11 is 0. The van der Waals surface area contributed by atoms with Crippen molar-refractivity contribution in [2.45, 2.75) is 25.2 Å². The first-order chi connectivity index (χ1) is 11.3. The van der Waals surface area contributed by atoms with Crippen LogP contribution in [0.1, 0.15) is 22.5 Å². The number of hydrogen-bond acceptors (Lipinski definition) is 5. The summed E-state index contributed by atoms with van der Waals surface area (Å²) in [6.45, 7) is 1.57. The number of hydrogen-bond donors (Lipinski definition) is 1. The SMILES string of the molecule is O=C(N[C@@H]1CCOC[C@H]1OCc1ccccc1)c1cnccn1. The second-order valence-corrected chi connectivity index (χ2v) is 5.37. The first-order valence-electron chi connectivity index (χ1n) is 7.63. The molecule has 0 spiro atoms. The Morgan fingerprint density at radius 2 is 2.17 bits per heavy atom. The Kier molecular flexibility index (Phi) is 5.29. The highest BCUT2D eigenvalue weighted by Crippen LogP contribution is 2.14. The van der Waals surface area contributed by atoms with Crippen molar-refractivity contribution >= 4 is 5.91 Å². The molecule has 1 fully saturated rings. The summed E-state index contributed by atoms with van der Waals surface area (Å²) in [7, 11) is 0. The number of aromatic nitrogens is 2. The van der Waals surface area contributed by atoms with Crippen LogP contribution in [-0.4, -0.2) is 41.2 Å². The van der Waals surface area contributed by atoms with Gasteiger partial charge in [0.1, 0.15) is 11.8 Å². The van der Waals surface area contributed by atoms with Crippen LogP contribution in [0.3, 0.4) is 0 Å². The van der Waals surface area contributed by atoms with E-state index in [1.54, 1.807) is 0 Å². The molecule has 1 N–H and O–H groups in total. The molecule has 0 bridgehead atoms. The number of rotatable bonds is 5. The lowest BCUT2D eigenvalue weighted by Gasteiger charge is -2.32. The lowest BCUT2D eigenvalue weighted by atomic mass is 10.1. The van der Waals surface area contributed by atoms with E-state index in [0.29, 0.717) is 31.9 Å². The fourth-order valence-corrected chi connectivity index (χ4v) is 2.48. The van der Waals surface area contributed by atoms with E-state index in [1.807, 2.05) is 30.3 Å². The van der Waals surface area contributed by atoms with Crippen LogP contribution >= 0.6 is 0 Å². The van der Waals surface area contributed by atoms with Crippen molar-refractivity contribution in [1.29, 1.82) is 0 Å². The lowest BCUT2D eigenvalue weighted by molar-refractivity contribution is -0.0736. The van der Waals surface area contributed by atoms with E-state index in [0.717, 1.165) is 5.56 Å². The second kappa shape index (κ2) is 7.80. The van der Waals surface area contributed by atoms with Gasteiger partial charge in [-0.2, -0.15) is 0 Å². The number of nitrogens with one attached hydrogen (secondary N) is 1. The number of benzene rings is 1. The maximum atomic E-state index is 12.2. The van der Waals surface area contributed by atoms with Crippen LogP contribution in [-0.2, 0) is 16.1 Å². The van der Waals surface area contributed by atoms with Gasteiger partial charge in [0.15, 0.2) is 0 Å². The van der Waals surface area contributed by atoms with E-state index < -0.39 is 0 Å². The van der Waals surface area contributed by atoms with Crippen molar-refractivity contribution in [3.8, 4) is 0 Å². The third-order valence-electron chi connectivity index (χ3n) is 3.72. The predicted octanol–water partition coefficient (Wildman–Crippen LogP) is 1.58. The second-order valence-electron chi connectivity index (χ2n) is 5.37. The van der Waals surface area contributed by atoms with E-state index >= 15 is 0 Å². The summed E-state index contributed by atoms with van der Waals surface area (Å²) < 4.78 is 11.4. The van der Waals surface area contributed by atoms with E-state index in [2.05, 4.69) is 15.3 Å². The molecule has 1 aromatic carbocycles. The Morgan fingerprint density at radius 1 is 1.30 bits per heavy atom. The molecule has 1 saturated heterocycles. The zero-order chi connectivity index (χ0) is 15.9. The summed E-state index contributed by atoms with van der Waals surface area (Å²) in [5.74, 6) is -0.238. The van der Waals surface area contributed by atoms with Gasteiger partial charge in [0, 0.05) is 19.0 Å². The van der Waals surface area contributed by atoms with Gasteiger partial charge < -0.3 is 14.8 Å². The summed E-state index contributed by atoms with van der Waals surface area (Å²) in [5, 5.41) is 2.98. The molecule has 6 nitrogen and oxygen atoms in total. The van der Waals surface area contributed by atoms with Gasteiger partial charge in [0.05, 0.1) is 25.5 Å². The van der Waals surface area contributed by atoms with Crippen LogP contribution in [0.25, 0.3) is 0 Å². The van der Waals surface area contributed by atoms with E-state index in [-0.39, 0.29) is 18.1 Å². The Labute approximate surface area is 134 Å². The molecular formula is C17H19N3O3. The lowest BCUT2D eigenvalue weighted by Crippen LogP contribution is -2.50. The minimum Gasteiger partial charge on any atom is -0.379 e. The zero-order valence-corrected chi connectivity index (χ0v) is 12.7. The molecule has 2 atom stereocenters. The Bertz CT molecular complexity index is 621. The smallest absolute Gasteiger partial charge is 0.271 e. The van der Waals surface area contributed by atoms with E-state index in [4.69, 9.17) is 9.47 Å². The highest BCUT2D eigenvalue weighted by Gasteiger charge is 2.28. The molecule has 0 radical (unpaired) electrons. The summed E-state index contributed by atoms with van der Waals surface area (Å²) in [6.07, 6.45) is 5.03. The average Bonchev–Trinajstić information content (AvgIpc) is 2.62. The molecule has 2 heterocycles. The molecule has 0 saturated carbocycles. The number of nitrogens with zero attached hydrogens (tertiary/aromatic N) is 2. The number of amides is 1. The van der Waals surface area contributed by atoms with Crippen molar-refractivity contribution in [3.63, 3.8) is 0 Å². The summed E-state index contributed by atoms with van der Waals surface area (Å²) in [6, 6.07) is 9.85. The van der Waals surface area contributed by atoms with Crippen molar-refractivity contribution in [2.24, 2.45) is 0 Å². The van der Waals surface area contributed by atoms with Crippen LogP contribution in [0.5, 0.6) is 0 Å². The molecule has 0 aliphatic carbocycles. The maximum Gasteiger partial charge on any atom is 0.271 e. The maximum absolute atomic E-state index is 12.2. The number of carbonyl (C=O) groups excluding carboxylic acids is 1. The van der Waals surface area contributed by atoms with Gasteiger partial charge >= 0.3 is 0 Å². The van der Waals surface area contributed by atoms with Crippen LogP contribution in [0.4, 0.5) is 0 Å². The number of ether oxygens (including phenoxy) is 2. The van der Waals surface area contributed by atoms with Crippen molar-refractivity contribution in [3.05, 3.63) is 60.2 Å². The van der Waals surface area contributed by atoms with Gasteiger partial charge in [0.25, 0.3) is 5.91 Å². The third-order valence-corrected chi connectivity index (χ3v) is 3.72. The zero-order valence-electron chi connectivity index (χ0n) is 12.7. The fourth-order valence-electron chi connectivity index (χ4n) is 2.48. The quantitative estimate of drug-likeness (QED) is 0.907. The molecule has 0 unspecified atom stereocenters. The van der Waals surface area contributed by atoms with Crippen molar-refractivity contribution < 1.29 is 14.3 Å². The Morgan fingerprint density at radius 3 is 2.96 bits per heavy atom. The first kappa shape index (κ1) is 15.6. The van der Waals surface area contributed by atoms with Crippen LogP contribution in [0.2, 0.25) is 0 Å². The van der Waals surface area contributed by atoms with Gasteiger partial charge in [-0.3, -0.25) is 9.78 Å². The molecule has 1 amide bonds. The highest BCUT2D eigenvalue weighted by atomic mass is 16.5. The molecule has 1 aliphatic heterocycles. The molecule has 23 heavy (non-hydrogen) atoms. The normalized spacial score (nSPS) is 20.9. The average molecular weight is 313 g/mol. The van der Waals surface area contributed by atoms with Crippen LogP contribution in [0, 0.1) is 0 Å². The van der Waals surface area contributed by atoms with Gasteiger partial charge in [0.2, 0.25) is 0 Å². The Hall–Kier alpha value is -2.31. The van der Waals surface area contributed by atoms with Gasteiger partial charge in [-0.1, -0.05) is 30.3 Å². The first-order valence-corrected chi connectivity index (χ1v) is 7.63. The molecule has 2 aromatic rings. The van der Waals surface area contributed by atoms with Crippen molar-refractivity contribution in [2.75, 3.05) is 13.2 Å². The fraction of sp³-hybridized carbons (Fsp3) is 0.353.